The molecule has 39 heavy (non-hydrogen) atoms. The van der Waals surface area contributed by atoms with E-state index in [1.807, 2.05) is 6.07 Å². The maximum atomic E-state index is 14.0. The summed E-state index contributed by atoms with van der Waals surface area (Å²) in [6.07, 6.45) is 3.98. The number of halogens is 2. The van der Waals surface area contributed by atoms with Gasteiger partial charge in [-0.15, -0.1) is 0 Å². The van der Waals surface area contributed by atoms with E-state index < -0.39 is 17.4 Å². The summed E-state index contributed by atoms with van der Waals surface area (Å²) in [7, 11) is 3.82. The number of para-hydroxylation sites is 1. The lowest BCUT2D eigenvalue weighted by molar-refractivity contribution is 0.103. The smallest absolute Gasteiger partial charge is 0.219 e. The van der Waals surface area contributed by atoms with Crippen LogP contribution in [0.25, 0.3) is 16.6 Å². The SMILES string of the molecule is CNc1c(C(=O)c2cc3cc4c(cc3[nH]2)CN(C)CC4)cnn1-c1cnc(Oc2c(F)cccc2F)cc1C. The van der Waals surface area contributed by atoms with Gasteiger partial charge in [0.1, 0.15) is 5.82 Å². The van der Waals surface area contributed by atoms with E-state index in [0.717, 1.165) is 42.5 Å². The van der Waals surface area contributed by atoms with Gasteiger partial charge in [-0.2, -0.15) is 5.10 Å². The summed E-state index contributed by atoms with van der Waals surface area (Å²) in [5.41, 5.74) is 5.63. The second-order valence-corrected chi connectivity index (χ2v) is 9.74. The number of fused-ring (bicyclic) bond motifs is 2. The number of pyridine rings is 1. The summed E-state index contributed by atoms with van der Waals surface area (Å²) in [5.74, 6) is -1.85. The molecule has 1 aliphatic heterocycles. The summed E-state index contributed by atoms with van der Waals surface area (Å²) < 4.78 is 35.0. The van der Waals surface area contributed by atoms with Gasteiger partial charge in [0.15, 0.2) is 11.6 Å². The van der Waals surface area contributed by atoms with Crippen LogP contribution in [0.4, 0.5) is 14.6 Å². The van der Waals surface area contributed by atoms with Crippen molar-refractivity contribution in [3.8, 4) is 17.3 Å². The van der Waals surface area contributed by atoms with Crippen LogP contribution in [0.15, 0.2) is 54.9 Å². The van der Waals surface area contributed by atoms with Crippen molar-refractivity contribution in [1.29, 1.82) is 0 Å². The van der Waals surface area contributed by atoms with Crippen molar-refractivity contribution in [3.05, 3.63) is 94.4 Å². The van der Waals surface area contributed by atoms with Crippen LogP contribution >= 0.6 is 0 Å². The number of nitrogens with zero attached hydrogens (tertiary/aromatic N) is 4. The van der Waals surface area contributed by atoms with Crippen molar-refractivity contribution in [2.75, 3.05) is 26.0 Å². The lowest BCUT2D eigenvalue weighted by atomic mass is 9.98. The molecule has 6 rings (SSSR count). The van der Waals surface area contributed by atoms with Gasteiger partial charge in [-0.05, 0) is 67.4 Å². The number of likely N-dealkylation sites (N-methyl/N-ethyl adjacent to an activating group) is 1. The maximum absolute atomic E-state index is 14.0. The number of ether oxygens (including phenoxy) is 1. The van der Waals surface area contributed by atoms with Crippen molar-refractivity contribution in [3.63, 3.8) is 0 Å². The molecule has 0 fully saturated rings. The average Bonchev–Trinajstić information content (AvgIpc) is 3.53. The molecule has 5 aromatic rings. The molecule has 198 valence electrons. The first kappa shape index (κ1) is 24.7. The van der Waals surface area contributed by atoms with Gasteiger partial charge in [0.2, 0.25) is 17.4 Å². The van der Waals surface area contributed by atoms with Crippen molar-refractivity contribution in [1.82, 2.24) is 24.6 Å². The molecule has 0 spiro atoms. The molecule has 1 aliphatic rings. The molecule has 0 bridgehead atoms. The Morgan fingerprint density at radius 2 is 1.90 bits per heavy atom. The minimum Gasteiger partial charge on any atom is -0.433 e. The number of ketones is 1. The zero-order chi connectivity index (χ0) is 27.3. The standard InChI is InChI=1S/C29H26F2N6O2/c1-16-9-26(39-28-21(30)5-4-6-22(28)31)33-14-25(16)37-29(32-2)20(13-34-37)27(38)24-11-18-10-17-7-8-36(3)15-19(17)12-23(18)35-24/h4-6,9-14,32,35H,7-8,15H2,1-3H3. The molecule has 0 saturated heterocycles. The Bertz CT molecular complexity index is 1720. The van der Waals surface area contributed by atoms with E-state index in [1.54, 1.807) is 24.7 Å². The summed E-state index contributed by atoms with van der Waals surface area (Å²) >= 11 is 0. The van der Waals surface area contributed by atoms with Gasteiger partial charge >= 0.3 is 0 Å². The van der Waals surface area contributed by atoms with Crippen LogP contribution in [0.5, 0.6) is 11.6 Å². The summed E-state index contributed by atoms with van der Waals surface area (Å²) in [5, 5.41) is 8.52. The Morgan fingerprint density at radius 1 is 1.10 bits per heavy atom. The number of hydrogen-bond acceptors (Lipinski definition) is 6. The highest BCUT2D eigenvalue weighted by molar-refractivity contribution is 6.12. The number of benzene rings is 2. The van der Waals surface area contributed by atoms with Gasteiger partial charge in [-0.25, -0.2) is 18.4 Å². The summed E-state index contributed by atoms with van der Waals surface area (Å²) in [6.45, 7) is 3.69. The van der Waals surface area contributed by atoms with Crippen molar-refractivity contribution >= 4 is 22.5 Å². The van der Waals surface area contributed by atoms with Crippen molar-refractivity contribution < 1.29 is 18.3 Å². The Morgan fingerprint density at radius 3 is 2.64 bits per heavy atom. The highest BCUT2D eigenvalue weighted by Crippen LogP contribution is 2.31. The molecule has 2 N–H and O–H groups in total. The molecular weight excluding hydrogens is 502 g/mol. The molecular formula is C29H26F2N6O2. The highest BCUT2D eigenvalue weighted by atomic mass is 19.1. The Hall–Kier alpha value is -4.57. The van der Waals surface area contributed by atoms with E-state index in [4.69, 9.17) is 4.74 Å². The third-order valence-corrected chi connectivity index (χ3v) is 7.05. The third kappa shape index (κ3) is 4.42. The van der Waals surface area contributed by atoms with Gasteiger partial charge in [0.25, 0.3) is 0 Å². The largest absolute Gasteiger partial charge is 0.433 e. The van der Waals surface area contributed by atoms with E-state index in [1.165, 1.54) is 29.6 Å². The number of carbonyl (C=O) groups is 1. The molecule has 0 saturated carbocycles. The summed E-state index contributed by atoms with van der Waals surface area (Å²) in [4.78, 5) is 23.4. The predicted octanol–water partition coefficient (Wildman–Crippen LogP) is 5.39. The first-order chi connectivity index (χ1) is 18.8. The molecule has 4 heterocycles. The van der Waals surface area contributed by atoms with Gasteiger partial charge in [-0.1, -0.05) is 6.07 Å². The molecule has 10 heteroatoms. The summed E-state index contributed by atoms with van der Waals surface area (Å²) in [6, 6.07) is 11.2. The van der Waals surface area contributed by atoms with Crippen LogP contribution in [-0.2, 0) is 13.0 Å². The second kappa shape index (κ2) is 9.63. The molecule has 8 nitrogen and oxygen atoms in total. The van der Waals surface area contributed by atoms with Crippen LogP contribution < -0.4 is 10.1 Å². The fourth-order valence-corrected chi connectivity index (χ4v) is 5.02. The zero-order valence-corrected chi connectivity index (χ0v) is 21.7. The van der Waals surface area contributed by atoms with E-state index in [0.29, 0.717) is 28.3 Å². The fraction of sp³-hybridized carbons (Fsp3) is 0.207. The van der Waals surface area contributed by atoms with Gasteiger partial charge in [0, 0.05) is 37.1 Å². The number of nitrogens with one attached hydrogen (secondary N) is 2. The molecule has 0 aliphatic carbocycles. The number of H-pyrrole nitrogens is 1. The monoisotopic (exact) mass is 528 g/mol. The minimum atomic E-state index is -0.823. The van der Waals surface area contributed by atoms with Crippen LogP contribution in [0.1, 0.15) is 32.7 Å². The Balaban J connectivity index is 1.31. The number of anilines is 1. The average molecular weight is 529 g/mol. The molecule has 2 aromatic carbocycles. The third-order valence-electron chi connectivity index (χ3n) is 7.05. The van der Waals surface area contributed by atoms with Crippen LogP contribution in [0, 0.1) is 18.6 Å². The Labute approximate surface area is 223 Å². The van der Waals surface area contributed by atoms with E-state index in [2.05, 4.69) is 44.5 Å². The van der Waals surface area contributed by atoms with Crippen molar-refractivity contribution in [2.45, 2.75) is 19.9 Å². The van der Waals surface area contributed by atoms with Gasteiger partial charge in [0.05, 0.1) is 29.3 Å². The number of hydrogen-bond donors (Lipinski definition) is 2. The lowest BCUT2D eigenvalue weighted by Gasteiger charge is -2.24. The number of aryl methyl sites for hydroxylation is 1. The van der Waals surface area contributed by atoms with Gasteiger partial charge < -0.3 is 19.9 Å². The number of aromatic nitrogens is 4. The zero-order valence-electron chi connectivity index (χ0n) is 21.7. The van der Waals surface area contributed by atoms with Crippen LogP contribution in [0.2, 0.25) is 0 Å². The van der Waals surface area contributed by atoms with E-state index in [-0.39, 0.29) is 11.7 Å². The number of aromatic amines is 1. The first-order valence-electron chi connectivity index (χ1n) is 12.5. The maximum Gasteiger partial charge on any atom is 0.219 e. The highest BCUT2D eigenvalue weighted by Gasteiger charge is 2.23. The van der Waals surface area contributed by atoms with E-state index >= 15 is 0 Å². The molecule has 0 amide bonds. The lowest BCUT2D eigenvalue weighted by Crippen LogP contribution is -2.26. The number of rotatable bonds is 6. The fourth-order valence-electron chi connectivity index (χ4n) is 5.02. The topological polar surface area (TPSA) is 88.1 Å². The minimum absolute atomic E-state index is 0.0293. The quantitative estimate of drug-likeness (QED) is 0.288. The second-order valence-electron chi connectivity index (χ2n) is 9.74. The normalized spacial score (nSPS) is 13.5. The molecule has 0 radical (unpaired) electrons. The molecule has 3 aromatic heterocycles. The Kier molecular flexibility index (Phi) is 6.11. The molecule has 0 atom stereocenters. The predicted molar refractivity (Wildman–Crippen MR) is 144 cm³/mol. The number of carbonyl (C=O) groups excluding carboxylic acids is 1. The van der Waals surface area contributed by atoms with E-state index in [9.17, 15) is 13.6 Å². The van der Waals surface area contributed by atoms with Gasteiger partial charge in [-0.3, -0.25) is 4.79 Å². The van der Waals surface area contributed by atoms with Crippen LogP contribution in [-0.4, -0.2) is 51.1 Å². The first-order valence-corrected chi connectivity index (χ1v) is 12.5. The molecule has 0 unspecified atom stereocenters. The van der Waals surface area contributed by atoms with Crippen molar-refractivity contribution in [2.24, 2.45) is 0 Å². The van der Waals surface area contributed by atoms with Crippen LogP contribution in [0.3, 0.4) is 0 Å².